The Kier molecular flexibility index (Phi) is 3.91. The Hall–Kier alpha value is -2.29. The van der Waals surface area contributed by atoms with Crippen LogP contribution in [0.1, 0.15) is 24.5 Å². The summed E-state index contributed by atoms with van der Waals surface area (Å²) in [5.74, 6) is 0.794. The highest BCUT2D eigenvalue weighted by molar-refractivity contribution is 5.82. The Morgan fingerprint density at radius 3 is 2.48 bits per heavy atom. The van der Waals surface area contributed by atoms with Gasteiger partial charge < -0.3 is 0 Å². The molecule has 0 radical (unpaired) electrons. The molecule has 1 aliphatic carbocycles. The zero-order valence-corrected chi connectivity index (χ0v) is 12.2. The predicted octanol–water partition coefficient (Wildman–Crippen LogP) is 3.38. The Morgan fingerprint density at radius 2 is 1.76 bits per heavy atom. The van der Waals surface area contributed by atoms with Crippen LogP contribution in [0.15, 0.2) is 54.6 Å². The number of amides is 1. The first-order valence-electron chi connectivity index (χ1n) is 7.42. The van der Waals surface area contributed by atoms with Gasteiger partial charge in [-0.2, -0.15) is 0 Å². The van der Waals surface area contributed by atoms with Crippen LogP contribution < -0.4 is 10.9 Å². The quantitative estimate of drug-likeness (QED) is 0.824. The molecule has 0 bridgehead atoms. The molecule has 2 atom stereocenters. The molecular formula is C18H20N2O. The molecule has 0 spiro atoms. The van der Waals surface area contributed by atoms with Gasteiger partial charge in [-0.1, -0.05) is 55.5 Å². The molecule has 0 aliphatic heterocycles. The van der Waals surface area contributed by atoms with E-state index in [0.29, 0.717) is 5.92 Å². The van der Waals surface area contributed by atoms with Crippen molar-refractivity contribution >= 4 is 11.6 Å². The summed E-state index contributed by atoms with van der Waals surface area (Å²) in [7, 11) is 0. The topological polar surface area (TPSA) is 41.1 Å². The lowest BCUT2D eigenvalue weighted by Crippen LogP contribution is -2.31. The zero-order valence-electron chi connectivity index (χ0n) is 12.2. The van der Waals surface area contributed by atoms with E-state index in [9.17, 15) is 4.79 Å². The summed E-state index contributed by atoms with van der Waals surface area (Å²) in [4.78, 5) is 11.9. The lowest BCUT2D eigenvalue weighted by Gasteiger charge is -2.13. The number of rotatable bonds is 5. The van der Waals surface area contributed by atoms with Gasteiger partial charge in [0.05, 0.1) is 5.69 Å². The minimum Gasteiger partial charge on any atom is -0.298 e. The molecule has 0 unspecified atom stereocenters. The van der Waals surface area contributed by atoms with Gasteiger partial charge in [0.15, 0.2) is 0 Å². The van der Waals surface area contributed by atoms with Gasteiger partial charge in [-0.15, -0.1) is 0 Å². The molecule has 108 valence electrons. The van der Waals surface area contributed by atoms with Gasteiger partial charge in [-0.05, 0) is 36.0 Å². The van der Waals surface area contributed by atoms with Gasteiger partial charge in [-0.25, -0.2) is 0 Å². The Labute approximate surface area is 125 Å². The van der Waals surface area contributed by atoms with Gasteiger partial charge >= 0.3 is 0 Å². The fourth-order valence-corrected chi connectivity index (χ4v) is 2.52. The zero-order chi connectivity index (χ0) is 14.7. The van der Waals surface area contributed by atoms with Crippen LogP contribution in [0, 0.1) is 11.8 Å². The average Bonchev–Trinajstić information content (AvgIpc) is 3.24. The summed E-state index contributed by atoms with van der Waals surface area (Å²) in [6.07, 6.45) is 1.85. The van der Waals surface area contributed by atoms with Crippen LogP contribution >= 0.6 is 0 Å². The molecule has 3 heteroatoms. The molecule has 0 heterocycles. The fraction of sp³-hybridized carbons (Fsp3) is 0.278. The third kappa shape index (κ3) is 3.43. The summed E-state index contributed by atoms with van der Waals surface area (Å²) >= 11 is 0. The van der Waals surface area contributed by atoms with Crippen molar-refractivity contribution in [3.05, 3.63) is 65.7 Å². The first-order chi connectivity index (χ1) is 10.2. The summed E-state index contributed by atoms with van der Waals surface area (Å²) in [6.45, 7) is 2.10. The normalized spacial score (nSPS) is 19.9. The van der Waals surface area contributed by atoms with E-state index in [1.807, 2.05) is 36.4 Å². The van der Waals surface area contributed by atoms with Crippen LogP contribution in [0.25, 0.3) is 0 Å². The van der Waals surface area contributed by atoms with Crippen molar-refractivity contribution in [1.82, 2.24) is 5.43 Å². The molecular weight excluding hydrogens is 260 g/mol. The monoisotopic (exact) mass is 280 g/mol. The van der Waals surface area contributed by atoms with Gasteiger partial charge in [-0.3, -0.25) is 15.6 Å². The molecule has 1 saturated carbocycles. The SMILES string of the molecule is C[C@@H]1C[C@H]1C(=O)NNc1ccccc1Cc1ccccc1. The van der Waals surface area contributed by atoms with Crippen LogP contribution in [0.3, 0.4) is 0 Å². The first-order valence-corrected chi connectivity index (χ1v) is 7.42. The predicted molar refractivity (Wildman–Crippen MR) is 84.7 cm³/mol. The number of hydrogen-bond acceptors (Lipinski definition) is 2. The van der Waals surface area contributed by atoms with Crippen molar-refractivity contribution in [3.8, 4) is 0 Å². The third-order valence-corrected chi connectivity index (χ3v) is 4.02. The molecule has 2 N–H and O–H groups in total. The number of anilines is 1. The summed E-state index contributed by atoms with van der Waals surface area (Å²) in [6, 6.07) is 18.4. The van der Waals surface area contributed by atoms with Gasteiger partial charge in [0, 0.05) is 5.92 Å². The Balaban J connectivity index is 1.66. The van der Waals surface area contributed by atoms with E-state index in [1.165, 1.54) is 11.1 Å². The molecule has 3 rings (SSSR count). The average molecular weight is 280 g/mol. The lowest BCUT2D eigenvalue weighted by atomic mass is 10.0. The molecule has 1 fully saturated rings. The Bertz CT molecular complexity index is 624. The summed E-state index contributed by atoms with van der Waals surface area (Å²) < 4.78 is 0. The fourth-order valence-electron chi connectivity index (χ4n) is 2.52. The lowest BCUT2D eigenvalue weighted by molar-refractivity contribution is -0.122. The molecule has 21 heavy (non-hydrogen) atoms. The molecule has 0 saturated heterocycles. The van der Waals surface area contributed by atoms with E-state index in [0.717, 1.165) is 18.5 Å². The van der Waals surface area contributed by atoms with Crippen molar-refractivity contribution < 1.29 is 4.79 Å². The summed E-state index contributed by atoms with van der Waals surface area (Å²) in [5.41, 5.74) is 9.30. The smallest absolute Gasteiger partial charge is 0.241 e. The van der Waals surface area contributed by atoms with Crippen molar-refractivity contribution in [2.24, 2.45) is 11.8 Å². The van der Waals surface area contributed by atoms with Gasteiger partial charge in [0.2, 0.25) is 5.91 Å². The van der Waals surface area contributed by atoms with Crippen LogP contribution in [0.2, 0.25) is 0 Å². The van der Waals surface area contributed by atoms with Crippen molar-refractivity contribution in [1.29, 1.82) is 0 Å². The number of carbonyl (C=O) groups excluding carboxylic acids is 1. The number of carbonyl (C=O) groups is 1. The number of nitrogens with one attached hydrogen (secondary N) is 2. The third-order valence-electron chi connectivity index (χ3n) is 4.02. The molecule has 1 aliphatic rings. The molecule has 2 aromatic carbocycles. The minimum atomic E-state index is 0.0945. The van der Waals surface area contributed by atoms with Crippen molar-refractivity contribution in [2.75, 3.05) is 5.43 Å². The van der Waals surface area contributed by atoms with Crippen LogP contribution in [0.4, 0.5) is 5.69 Å². The van der Waals surface area contributed by atoms with Crippen molar-refractivity contribution in [2.45, 2.75) is 19.8 Å². The van der Waals surface area contributed by atoms with Crippen molar-refractivity contribution in [3.63, 3.8) is 0 Å². The highest BCUT2D eigenvalue weighted by Crippen LogP contribution is 2.37. The molecule has 2 aromatic rings. The highest BCUT2D eigenvalue weighted by atomic mass is 16.2. The summed E-state index contributed by atoms with van der Waals surface area (Å²) in [5, 5.41) is 0. The van der Waals surface area contributed by atoms with Crippen LogP contribution in [0.5, 0.6) is 0 Å². The maximum atomic E-state index is 11.9. The van der Waals surface area contributed by atoms with E-state index in [-0.39, 0.29) is 11.8 Å². The van der Waals surface area contributed by atoms with E-state index >= 15 is 0 Å². The van der Waals surface area contributed by atoms with Gasteiger partial charge in [0.25, 0.3) is 0 Å². The maximum Gasteiger partial charge on any atom is 0.241 e. The number of hydrazine groups is 1. The van der Waals surface area contributed by atoms with Crippen LogP contribution in [-0.4, -0.2) is 5.91 Å². The number of benzene rings is 2. The second-order valence-corrected chi connectivity index (χ2v) is 5.75. The highest BCUT2D eigenvalue weighted by Gasteiger charge is 2.39. The number of hydrogen-bond donors (Lipinski definition) is 2. The molecule has 3 nitrogen and oxygen atoms in total. The van der Waals surface area contributed by atoms with E-state index < -0.39 is 0 Å². The standard InChI is InChI=1S/C18H20N2O/c1-13-11-16(13)18(21)20-19-17-10-6-5-9-15(17)12-14-7-3-2-4-8-14/h2-10,13,16,19H,11-12H2,1H3,(H,20,21)/t13-,16-/m1/s1. The number of para-hydroxylation sites is 1. The Morgan fingerprint density at radius 1 is 1.10 bits per heavy atom. The largest absolute Gasteiger partial charge is 0.298 e. The maximum absolute atomic E-state index is 11.9. The second kappa shape index (κ2) is 6.00. The second-order valence-electron chi connectivity index (χ2n) is 5.75. The van der Waals surface area contributed by atoms with Crippen LogP contribution in [-0.2, 0) is 11.2 Å². The first kappa shape index (κ1) is 13.7. The van der Waals surface area contributed by atoms with E-state index in [2.05, 4.69) is 36.0 Å². The van der Waals surface area contributed by atoms with E-state index in [1.54, 1.807) is 0 Å². The minimum absolute atomic E-state index is 0.0945. The van der Waals surface area contributed by atoms with E-state index in [4.69, 9.17) is 0 Å². The van der Waals surface area contributed by atoms with Gasteiger partial charge in [0.1, 0.15) is 0 Å². The molecule has 1 amide bonds. The molecule has 0 aromatic heterocycles.